The average Bonchev–Trinajstić information content (AvgIpc) is 2.47. The second-order valence-corrected chi connectivity index (χ2v) is 3.65. The fourth-order valence-electron chi connectivity index (χ4n) is 1.41. The van der Waals surface area contributed by atoms with Crippen molar-refractivity contribution in [1.82, 2.24) is 9.97 Å². The topological polar surface area (TPSA) is 78.7 Å². The van der Waals surface area contributed by atoms with Crippen LogP contribution >= 0.6 is 0 Å². The van der Waals surface area contributed by atoms with E-state index in [0.29, 0.717) is 11.3 Å². The van der Waals surface area contributed by atoms with Gasteiger partial charge in [0.25, 0.3) is 5.91 Å². The van der Waals surface area contributed by atoms with E-state index < -0.39 is 5.91 Å². The van der Waals surface area contributed by atoms with Crippen molar-refractivity contribution in [2.24, 2.45) is 0 Å². The fraction of sp³-hybridized carbons (Fsp3) is 0. The number of amides is 1. The molecule has 0 radical (unpaired) electrons. The molecule has 0 aliphatic carbocycles. The fourth-order valence-corrected chi connectivity index (χ4v) is 1.41. The predicted molar refractivity (Wildman–Crippen MR) is 70.7 cm³/mol. The van der Waals surface area contributed by atoms with Gasteiger partial charge in [0.1, 0.15) is 11.6 Å². The number of anilines is 1. The molecule has 0 spiro atoms. The molecule has 0 fully saturated rings. The van der Waals surface area contributed by atoms with Crippen LogP contribution in [-0.2, 0) is 4.79 Å². The molecule has 1 N–H and O–H groups in total. The molecule has 0 aliphatic rings. The number of rotatable bonds is 3. The summed E-state index contributed by atoms with van der Waals surface area (Å²) in [6.45, 7) is 0. The minimum Gasteiger partial charge on any atom is -0.320 e. The summed E-state index contributed by atoms with van der Waals surface area (Å²) < 4.78 is 0. The summed E-state index contributed by atoms with van der Waals surface area (Å²) in [5.41, 5.74) is 1.25. The third kappa shape index (κ3) is 3.48. The molecule has 0 aromatic carbocycles. The third-order valence-corrected chi connectivity index (χ3v) is 2.28. The molecule has 2 rings (SSSR count). The molecule has 2 aromatic heterocycles. The van der Waals surface area contributed by atoms with Gasteiger partial charge in [0.05, 0.1) is 11.9 Å². The summed E-state index contributed by atoms with van der Waals surface area (Å²) in [7, 11) is 0. The van der Waals surface area contributed by atoms with Crippen molar-refractivity contribution in [3.8, 4) is 6.07 Å². The van der Waals surface area contributed by atoms with E-state index in [4.69, 9.17) is 5.26 Å². The van der Waals surface area contributed by atoms with E-state index in [1.807, 2.05) is 6.07 Å². The number of carbonyl (C=O) groups is 1. The molecule has 5 heteroatoms. The maximum atomic E-state index is 11.9. The quantitative estimate of drug-likeness (QED) is 0.667. The predicted octanol–water partition coefficient (Wildman–Crippen LogP) is 2.02. The van der Waals surface area contributed by atoms with Gasteiger partial charge in [-0.2, -0.15) is 5.26 Å². The Morgan fingerprint density at radius 1 is 1.21 bits per heavy atom. The highest BCUT2D eigenvalue weighted by atomic mass is 16.1. The van der Waals surface area contributed by atoms with Gasteiger partial charge < -0.3 is 5.32 Å². The zero-order valence-electron chi connectivity index (χ0n) is 9.95. The van der Waals surface area contributed by atoms with Crippen LogP contribution in [-0.4, -0.2) is 15.9 Å². The second kappa shape index (κ2) is 6.07. The Kier molecular flexibility index (Phi) is 3.98. The second-order valence-electron chi connectivity index (χ2n) is 3.65. The highest BCUT2D eigenvalue weighted by Crippen LogP contribution is 2.09. The normalized spacial score (nSPS) is 10.6. The van der Waals surface area contributed by atoms with Gasteiger partial charge in [-0.15, -0.1) is 0 Å². The van der Waals surface area contributed by atoms with Crippen LogP contribution in [0.4, 0.5) is 5.69 Å². The maximum absolute atomic E-state index is 11.9. The minimum atomic E-state index is -0.473. The van der Waals surface area contributed by atoms with Crippen molar-refractivity contribution in [3.05, 3.63) is 60.2 Å². The van der Waals surface area contributed by atoms with E-state index in [2.05, 4.69) is 15.3 Å². The van der Waals surface area contributed by atoms with Gasteiger partial charge >= 0.3 is 0 Å². The number of nitrogens with zero attached hydrogens (tertiary/aromatic N) is 3. The Labute approximate surface area is 110 Å². The van der Waals surface area contributed by atoms with E-state index in [1.54, 1.807) is 42.9 Å². The van der Waals surface area contributed by atoms with Gasteiger partial charge in [0.15, 0.2) is 0 Å². The molecule has 0 aliphatic heterocycles. The summed E-state index contributed by atoms with van der Waals surface area (Å²) in [5, 5.41) is 11.6. The summed E-state index contributed by atoms with van der Waals surface area (Å²) >= 11 is 0. The number of carbonyl (C=O) groups excluding carboxylic acids is 1. The molecule has 0 unspecified atom stereocenters. The van der Waals surface area contributed by atoms with Gasteiger partial charge in [-0.05, 0) is 29.8 Å². The lowest BCUT2D eigenvalue weighted by molar-refractivity contribution is -0.112. The standard InChI is InChI=1S/C14H10N4O/c15-8-12(7-11-3-1-5-16-9-11)14(19)18-13-4-2-6-17-10-13/h1-7,9-10H,(H,18,19)/b12-7+. The van der Waals surface area contributed by atoms with Crippen LogP contribution in [0.25, 0.3) is 6.08 Å². The number of nitrogens with one attached hydrogen (secondary N) is 1. The number of aromatic nitrogens is 2. The summed E-state index contributed by atoms with van der Waals surface area (Å²) in [4.78, 5) is 19.7. The lowest BCUT2D eigenvalue weighted by Gasteiger charge is -2.02. The van der Waals surface area contributed by atoms with Crippen LogP contribution in [0, 0.1) is 11.3 Å². The molecule has 5 nitrogen and oxygen atoms in total. The first kappa shape index (κ1) is 12.5. The van der Waals surface area contributed by atoms with Crippen molar-refractivity contribution in [1.29, 1.82) is 5.26 Å². The van der Waals surface area contributed by atoms with Gasteiger partial charge in [-0.3, -0.25) is 14.8 Å². The minimum absolute atomic E-state index is 0.0110. The van der Waals surface area contributed by atoms with Crippen molar-refractivity contribution in [3.63, 3.8) is 0 Å². The molecule has 0 saturated carbocycles. The molecule has 0 saturated heterocycles. The number of hydrogen-bond acceptors (Lipinski definition) is 4. The van der Waals surface area contributed by atoms with Crippen molar-refractivity contribution < 1.29 is 4.79 Å². The molecular formula is C14H10N4O. The lowest BCUT2D eigenvalue weighted by Crippen LogP contribution is -2.13. The Hall–Kier alpha value is -3.00. The molecule has 0 atom stereocenters. The highest BCUT2D eigenvalue weighted by molar-refractivity contribution is 6.09. The van der Waals surface area contributed by atoms with Gasteiger partial charge in [0.2, 0.25) is 0 Å². The van der Waals surface area contributed by atoms with Crippen LogP contribution < -0.4 is 5.32 Å². The van der Waals surface area contributed by atoms with Crippen molar-refractivity contribution in [2.45, 2.75) is 0 Å². The Balaban J connectivity index is 2.17. The summed E-state index contributed by atoms with van der Waals surface area (Å²) in [6, 6.07) is 8.77. The first-order chi connectivity index (χ1) is 9.29. The van der Waals surface area contributed by atoms with Crippen molar-refractivity contribution in [2.75, 3.05) is 5.32 Å². The number of hydrogen-bond donors (Lipinski definition) is 1. The SMILES string of the molecule is N#C/C(=C\c1cccnc1)C(=O)Nc1cccnc1. The molecule has 1 amide bonds. The zero-order valence-corrected chi connectivity index (χ0v) is 9.95. The van der Waals surface area contributed by atoms with E-state index in [0.717, 1.165) is 0 Å². The van der Waals surface area contributed by atoms with Gasteiger partial charge in [-0.1, -0.05) is 6.07 Å². The maximum Gasteiger partial charge on any atom is 0.266 e. The Morgan fingerprint density at radius 3 is 2.53 bits per heavy atom. The Bertz CT molecular complexity index is 630. The van der Waals surface area contributed by atoms with Crippen LogP contribution in [0.5, 0.6) is 0 Å². The lowest BCUT2D eigenvalue weighted by atomic mass is 10.1. The monoisotopic (exact) mass is 250 g/mol. The van der Waals surface area contributed by atoms with Gasteiger partial charge in [0, 0.05) is 18.6 Å². The molecule has 2 heterocycles. The first-order valence-electron chi connectivity index (χ1n) is 5.53. The summed E-state index contributed by atoms with van der Waals surface area (Å²) in [5.74, 6) is -0.473. The highest BCUT2D eigenvalue weighted by Gasteiger charge is 2.09. The smallest absolute Gasteiger partial charge is 0.266 e. The van der Waals surface area contributed by atoms with E-state index >= 15 is 0 Å². The van der Waals surface area contributed by atoms with Crippen LogP contribution in [0.15, 0.2) is 54.6 Å². The average molecular weight is 250 g/mol. The van der Waals surface area contributed by atoms with Crippen LogP contribution in [0.1, 0.15) is 5.56 Å². The van der Waals surface area contributed by atoms with E-state index in [-0.39, 0.29) is 5.57 Å². The van der Waals surface area contributed by atoms with Gasteiger partial charge in [-0.25, -0.2) is 0 Å². The Morgan fingerprint density at radius 2 is 1.95 bits per heavy atom. The first-order valence-corrected chi connectivity index (χ1v) is 5.53. The number of nitriles is 1. The molecule has 2 aromatic rings. The molecule has 19 heavy (non-hydrogen) atoms. The van der Waals surface area contributed by atoms with Crippen molar-refractivity contribution >= 4 is 17.7 Å². The largest absolute Gasteiger partial charge is 0.320 e. The van der Waals surface area contributed by atoms with E-state index in [1.165, 1.54) is 12.3 Å². The van der Waals surface area contributed by atoms with Crippen LogP contribution in [0.3, 0.4) is 0 Å². The number of pyridine rings is 2. The van der Waals surface area contributed by atoms with Crippen LogP contribution in [0.2, 0.25) is 0 Å². The molecular weight excluding hydrogens is 240 g/mol. The zero-order chi connectivity index (χ0) is 13.5. The molecule has 92 valence electrons. The van der Waals surface area contributed by atoms with E-state index in [9.17, 15) is 4.79 Å². The molecule has 0 bridgehead atoms. The summed E-state index contributed by atoms with van der Waals surface area (Å²) in [6.07, 6.45) is 7.80. The third-order valence-electron chi connectivity index (χ3n) is 2.28.